The van der Waals surface area contributed by atoms with Gasteiger partial charge in [0, 0.05) is 5.56 Å². The van der Waals surface area contributed by atoms with Gasteiger partial charge in [0.2, 0.25) is 0 Å². The van der Waals surface area contributed by atoms with E-state index in [4.69, 9.17) is 15.2 Å². The molecule has 142 valence electrons. The van der Waals surface area contributed by atoms with E-state index in [1.54, 1.807) is 7.11 Å². The molecular formula is C17H28IN3O3S. The van der Waals surface area contributed by atoms with Crippen molar-refractivity contribution in [1.29, 1.82) is 0 Å². The van der Waals surface area contributed by atoms with Gasteiger partial charge in [-0.25, -0.2) is 9.79 Å². The lowest BCUT2D eigenvalue weighted by Crippen LogP contribution is -2.34. The van der Waals surface area contributed by atoms with Crippen molar-refractivity contribution in [1.82, 2.24) is 5.32 Å². The summed E-state index contributed by atoms with van der Waals surface area (Å²) in [6, 6.07) is 5.19. The number of nitrogens with one attached hydrogen (secondary N) is 1. The highest BCUT2D eigenvalue weighted by Gasteiger charge is 2.20. The van der Waals surface area contributed by atoms with E-state index in [-0.39, 0.29) is 30.0 Å². The summed E-state index contributed by atoms with van der Waals surface area (Å²) >= 11 is 1.47. The molecule has 25 heavy (non-hydrogen) atoms. The molecule has 1 atom stereocenters. The Morgan fingerprint density at radius 3 is 2.56 bits per heavy atom. The Morgan fingerprint density at radius 2 is 2.04 bits per heavy atom. The third kappa shape index (κ3) is 8.66. The zero-order chi connectivity index (χ0) is 18.3. The molecule has 0 aliphatic carbocycles. The second-order valence-corrected chi connectivity index (χ2v) is 7.46. The van der Waals surface area contributed by atoms with Crippen LogP contribution in [0.3, 0.4) is 0 Å². The van der Waals surface area contributed by atoms with Gasteiger partial charge in [0.05, 0.1) is 18.8 Å². The summed E-state index contributed by atoms with van der Waals surface area (Å²) in [5.74, 6) is 1.52. The van der Waals surface area contributed by atoms with Gasteiger partial charge in [-0.1, -0.05) is 18.7 Å². The molecule has 0 radical (unpaired) electrons. The molecule has 1 amide bonds. The highest BCUT2D eigenvalue weighted by molar-refractivity contribution is 14.0. The summed E-state index contributed by atoms with van der Waals surface area (Å²) in [5.41, 5.74) is 6.82. The number of ether oxygens (including phenoxy) is 2. The van der Waals surface area contributed by atoms with E-state index in [2.05, 4.69) is 10.3 Å². The number of rotatable bonds is 5. The Hall–Kier alpha value is -1.16. The van der Waals surface area contributed by atoms with Crippen LogP contribution in [0, 0.1) is 0 Å². The second kappa shape index (κ2) is 10.7. The van der Waals surface area contributed by atoms with Gasteiger partial charge in [0.15, 0.2) is 5.17 Å². The number of carbonyl (C=O) groups excluding carboxylic acids is 1. The number of nitrogens with zero attached hydrogens (tertiary/aromatic N) is 1. The van der Waals surface area contributed by atoms with Crippen molar-refractivity contribution in [3.05, 3.63) is 23.8 Å². The zero-order valence-electron chi connectivity index (χ0n) is 15.6. The lowest BCUT2D eigenvalue weighted by molar-refractivity contribution is 0.0507. The van der Waals surface area contributed by atoms with Crippen LogP contribution in [0.4, 0.5) is 10.5 Å². The number of thioether (sulfide) groups is 1. The molecule has 0 saturated carbocycles. The number of benzene rings is 1. The van der Waals surface area contributed by atoms with E-state index in [9.17, 15) is 4.79 Å². The first-order valence-corrected chi connectivity index (χ1v) is 8.79. The number of halogens is 1. The van der Waals surface area contributed by atoms with Crippen molar-refractivity contribution in [2.24, 2.45) is 10.7 Å². The summed E-state index contributed by atoms with van der Waals surface area (Å²) < 4.78 is 10.7. The number of amides is 1. The molecule has 6 nitrogen and oxygen atoms in total. The van der Waals surface area contributed by atoms with Crippen LogP contribution in [0.15, 0.2) is 23.2 Å². The van der Waals surface area contributed by atoms with Gasteiger partial charge < -0.3 is 20.5 Å². The molecule has 0 aliphatic heterocycles. The van der Waals surface area contributed by atoms with Crippen molar-refractivity contribution in [3.8, 4) is 5.75 Å². The normalized spacial score (nSPS) is 12.8. The van der Waals surface area contributed by atoms with E-state index >= 15 is 0 Å². The predicted molar refractivity (Wildman–Crippen MR) is 116 cm³/mol. The first-order valence-electron chi connectivity index (χ1n) is 7.80. The van der Waals surface area contributed by atoms with Gasteiger partial charge in [-0.05, 0) is 51.6 Å². The number of carbonyl (C=O) groups is 1. The summed E-state index contributed by atoms with van der Waals surface area (Å²) in [4.78, 5) is 16.3. The molecular weight excluding hydrogens is 453 g/mol. The molecule has 0 spiro atoms. The largest absolute Gasteiger partial charge is 0.496 e. The van der Waals surface area contributed by atoms with Crippen LogP contribution >= 0.6 is 35.7 Å². The molecule has 0 saturated heterocycles. The van der Waals surface area contributed by atoms with E-state index in [0.717, 1.165) is 11.3 Å². The summed E-state index contributed by atoms with van der Waals surface area (Å²) in [6.07, 6.45) is -0.480. The molecule has 0 aromatic heterocycles. The topological polar surface area (TPSA) is 85.9 Å². The molecule has 0 heterocycles. The van der Waals surface area contributed by atoms with Crippen LogP contribution in [-0.2, 0) is 4.74 Å². The van der Waals surface area contributed by atoms with Crippen LogP contribution in [0.5, 0.6) is 5.75 Å². The number of aliphatic imine (C=N–C) groups is 1. The number of hydrogen-bond acceptors (Lipinski definition) is 5. The average Bonchev–Trinajstić information content (AvgIpc) is 2.45. The highest BCUT2D eigenvalue weighted by atomic mass is 127. The Labute approximate surface area is 171 Å². The Kier molecular flexibility index (Phi) is 10.2. The standard InChI is InChI=1S/C17H27N3O3S.HI/c1-7-24-15(18)20-12-8-9-14(22-6)13(10-12)11(2)19-16(21)23-17(3,4)5;/h8-11H,7H2,1-6H3,(H2,18,20)(H,19,21);1H. The minimum Gasteiger partial charge on any atom is -0.496 e. The number of hydrogen-bond donors (Lipinski definition) is 2. The van der Waals surface area contributed by atoms with E-state index in [0.29, 0.717) is 16.6 Å². The third-order valence-electron chi connectivity index (χ3n) is 2.94. The van der Waals surface area contributed by atoms with Gasteiger partial charge in [-0.15, -0.1) is 24.0 Å². The van der Waals surface area contributed by atoms with Gasteiger partial charge in [-0.3, -0.25) is 0 Å². The van der Waals surface area contributed by atoms with E-state index < -0.39 is 11.7 Å². The summed E-state index contributed by atoms with van der Waals surface area (Å²) in [7, 11) is 1.59. The van der Waals surface area contributed by atoms with Gasteiger partial charge in [0.1, 0.15) is 11.4 Å². The smallest absolute Gasteiger partial charge is 0.408 e. The Morgan fingerprint density at radius 1 is 1.40 bits per heavy atom. The molecule has 8 heteroatoms. The summed E-state index contributed by atoms with van der Waals surface area (Å²) in [6.45, 7) is 9.34. The van der Waals surface area contributed by atoms with Crippen LogP contribution in [-0.4, -0.2) is 29.7 Å². The zero-order valence-corrected chi connectivity index (χ0v) is 18.7. The van der Waals surface area contributed by atoms with Crippen molar-refractivity contribution in [2.45, 2.75) is 46.3 Å². The molecule has 0 bridgehead atoms. The van der Waals surface area contributed by atoms with Gasteiger partial charge >= 0.3 is 6.09 Å². The average molecular weight is 481 g/mol. The molecule has 1 aromatic carbocycles. The first kappa shape index (κ1) is 23.8. The highest BCUT2D eigenvalue weighted by Crippen LogP contribution is 2.30. The van der Waals surface area contributed by atoms with Crippen LogP contribution in [0.2, 0.25) is 0 Å². The summed E-state index contributed by atoms with van der Waals surface area (Å²) in [5, 5.41) is 3.31. The van der Waals surface area contributed by atoms with Crippen molar-refractivity contribution >= 4 is 52.7 Å². The van der Waals surface area contributed by atoms with Crippen LogP contribution < -0.4 is 15.8 Å². The fourth-order valence-electron chi connectivity index (χ4n) is 2.00. The predicted octanol–water partition coefficient (Wildman–Crippen LogP) is 4.60. The fraction of sp³-hybridized carbons (Fsp3) is 0.529. The van der Waals surface area contributed by atoms with Crippen molar-refractivity contribution in [2.75, 3.05) is 12.9 Å². The van der Waals surface area contributed by atoms with Crippen LogP contribution in [0.1, 0.15) is 46.2 Å². The Bertz CT molecular complexity index is 603. The minimum atomic E-state index is -0.550. The maximum atomic E-state index is 12.0. The molecule has 3 N–H and O–H groups in total. The molecule has 0 aliphatic rings. The third-order valence-corrected chi connectivity index (χ3v) is 3.62. The lowest BCUT2D eigenvalue weighted by atomic mass is 10.1. The van der Waals surface area contributed by atoms with Crippen molar-refractivity contribution < 1.29 is 14.3 Å². The molecule has 1 unspecified atom stereocenters. The monoisotopic (exact) mass is 481 g/mol. The fourth-order valence-corrected chi connectivity index (χ4v) is 2.46. The SMILES string of the molecule is CCSC(N)=Nc1ccc(OC)c(C(C)NC(=O)OC(C)(C)C)c1.I. The number of amidine groups is 1. The number of methoxy groups -OCH3 is 1. The quantitative estimate of drug-likeness (QED) is 0.365. The van der Waals surface area contributed by atoms with Gasteiger partial charge in [0.25, 0.3) is 0 Å². The van der Waals surface area contributed by atoms with E-state index in [1.807, 2.05) is 52.8 Å². The molecule has 1 rings (SSSR count). The maximum Gasteiger partial charge on any atom is 0.408 e. The number of nitrogens with two attached hydrogens (primary N) is 1. The number of alkyl carbamates (subject to hydrolysis) is 1. The minimum absolute atomic E-state index is 0. The van der Waals surface area contributed by atoms with Crippen molar-refractivity contribution in [3.63, 3.8) is 0 Å². The van der Waals surface area contributed by atoms with Crippen LogP contribution in [0.25, 0.3) is 0 Å². The first-order chi connectivity index (χ1) is 11.2. The molecule has 0 fully saturated rings. The maximum absolute atomic E-state index is 12.0. The molecule has 1 aromatic rings. The Balaban J connectivity index is 0.00000576. The second-order valence-electron chi connectivity index (χ2n) is 6.18. The lowest BCUT2D eigenvalue weighted by Gasteiger charge is -2.23. The van der Waals surface area contributed by atoms with E-state index in [1.165, 1.54) is 11.8 Å². The van der Waals surface area contributed by atoms with Gasteiger partial charge in [-0.2, -0.15) is 0 Å².